The summed E-state index contributed by atoms with van der Waals surface area (Å²) in [5.74, 6) is -0.651. The Morgan fingerprint density at radius 2 is 1.94 bits per heavy atom. The van der Waals surface area contributed by atoms with Gasteiger partial charge in [0.05, 0.1) is 11.3 Å². The fraction of sp³-hybridized carbons (Fsp3) is 0.351. The van der Waals surface area contributed by atoms with E-state index in [1.165, 1.54) is 12.3 Å². The fourth-order valence-corrected chi connectivity index (χ4v) is 7.18. The number of carbonyl (C=O) groups excluding carboxylic acids is 2. The van der Waals surface area contributed by atoms with Crippen LogP contribution < -0.4 is 21.0 Å². The fourth-order valence-electron chi connectivity index (χ4n) is 7.18. The second-order valence-electron chi connectivity index (χ2n) is 12.4. The summed E-state index contributed by atoms with van der Waals surface area (Å²) in [5, 5.41) is 15.2. The lowest BCUT2D eigenvalue weighted by Crippen LogP contribution is -2.47. The molecule has 11 heteroatoms. The van der Waals surface area contributed by atoms with Crippen molar-refractivity contribution in [3.8, 4) is 6.07 Å². The molecule has 2 aliphatic heterocycles. The zero-order valence-corrected chi connectivity index (χ0v) is 26.8. The van der Waals surface area contributed by atoms with Crippen LogP contribution in [0, 0.1) is 28.9 Å². The molecule has 2 atom stereocenters. The maximum atomic E-state index is 15.8. The number of aldehydes is 1. The monoisotopic (exact) mass is 652 g/mol. The second-order valence-corrected chi connectivity index (χ2v) is 12.4. The topological polar surface area (TPSA) is 125 Å². The van der Waals surface area contributed by atoms with Crippen molar-refractivity contribution in [2.24, 2.45) is 11.7 Å². The summed E-state index contributed by atoms with van der Waals surface area (Å²) in [4.78, 5) is 36.0. The quantitative estimate of drug-likeness (QED) is 0.210. The summed E-state index contributed by atoms with van der Waals surface area (Å²) in [6, 6.07) is 17.6. The van der Waals surface area contributed by atoms with Crippen LogP contribution in [0.2, 0.25) is 0 Å². The van der Waals surface area contributed by atoms with Crippen LogP contribution in [-0.4, -0.2) is 49.9 Å². The number of aromatic nitrogens is 1. The second kappa shape index (κ2) is 14.5. The minimum Gasteiger partial charge on any atom is -0.357 e. The predicted molar refractivity (Wildman–Crippen MR) is 179 cm³/mol. The molecule has 3 aromatic carbocycles. The van der Waals surface area contributed by atoms with Gasteiger partial charge in [0.2, 0.25) is 5.91 Å². The van der Waals surface area contributed by atoms with E-state index in [9.17, 15) is 14.0 Å². The van der Waals surface area contributed by atoms with Crippen LogP contribution >= 0.6 is 0 Å². The van der Waals surface area contributed by atoms with E-state index in [-0.39, 0.29) is 48.0 Å². The minimum absolute atomic E-state index is 0.0477. The summed E-state index contributed by atoms with van der Waals surface area (Å²) in [7, 11) is 1.56. The van der Waals surface area contributed by atoms with Gasteiger partial charge in [0, 0.05) is 44.6 Å². The molecular weight excluding hydrogens is 614 g/mol. The van der Waals surface area contributed by atoms with E-state index in [0.717, 1.165) is 52.3 Å². The number of amides is 1. The molecule has 248 valence electrons. The first kappa shape index (κ1) is 33.0. The van der Waals surface area contributed by atoms with Crippen molar-refractivity contribution >= 4 is 34.5 Å². The van der Waals surface area contributed by atoms with Gasteiger partial charge in [0.25, 0.3) is 0 Å². The number of nitrogens with two attached hydrogens (primary N) is 1. The van der Waals surface area contributed by atoms with E-state index >= 15 is 4.39 Å². The molecule has 1 amide bonds. The molecule has 1 fully saturated rings. The van der Waals surface area contributed by atoms with E-state index in [1.54, 1.807) is 18.2 Å². The molecule has 48 heavy (non-hydrogen) atoms. The molecule has 0 radical (unpaired) electrons. The lowest BCUT2D eigenvalue weighted by molar-refractivity contribution is -0.124. The molecule has 6 rings (SSSR count). The highest BCUT2D eigenvalue weighted by atomic mass is 19.1. The van der Waals surface area contributed by atoms with Crippen molar-refractivity contribution < 1.29 is 23.2 Å². The Morgan fingerprint density at radius 3 is 2.62 bits per heavy atom. The van der Waals surface area contributed by atoms with Crippen molar-refractivity contribution in [3.63, 3.8) is 0 Å². The third-order valence-corrected chi connectivity index (χ3v) is 9.68. The zero-order valence-electron chi connectivity index (χ0n) is 26.8. The molecule has 2 aliphatic rings. The molecule has 2 unspecified atom stereocenters. The Kier molecular flexibility index (Phi) is 9.94. The number of benzene rings is 3. The van der Waals surface area contributed by atoms with Gasteiger partial charge < -0.3 is 20.7 Å². The SMILES string of the molecule is CNC(=O)C(CCC=O)N1OCc2cccc3c(Cc4ccc(C(CN)C5CCN(c6ncc(C#N)cc6F)CC5)cc4F)ccc1c23. The van der Waals surface area contributed by atoms with Crippen molar-refractivity contribution in [2.45, 2.75) is 50.7 Å². The van der Waals surface area contributed by atoms with Crippen LogP contribution in [0.3, 0.4) is 0 Å². The van der Waals surface area contributed by atoms with Crippen molar-refractivity contribution in [2.75, 3.05) is 36.6 Å². The number of rotatable bonds is 11. The molecule has 0 spiro atoms. The molecule has 0 aliphatic carbocycles. The van der Waals surface area contributed by atoms with Crippen molar-refractivity contribution in [3.05, 3.63) is 100 Å². The van der Waals surface area contributed by atoms with Crippen LogP contribution in [0.15, 0.2) is 60.8 Å². The van der Waals surface area contributed by atoms with Gasteiger partial charge >= 0.3 is 0 Å². The first-order chi connectivity index (χ1) is 23.4. The maximum absolute atomic E-state index is 15.8. The molecule has 3 heterocycles. The molecule has 1 saturated heterocycles. The van der Waals surface area contributed by atoms with Gasteiger partial charge in [-0.25, -0.2) is 18.8 Å². The van der Waals surface area contributed by atoms with E-state index in [4.69, 9.17) is 15.8 Å². The van der Waals surface area contributed by atoms with Gasteiger partial charge in [-0.05, 0) is 83.5 Å². The van der Waals surface area contributed by atoms with Gasteiger partial charge in [-0.3, -0.25) is 9.63 Å². The van der Waals surface area contributed by atoms with Crippen LogP contribution in [-0.2, 0) is 27.5 Å². The molecule has 0 bridgehead atoms. The van der Waals surface area contributed by atoms with Crippen molar-refractivity contribution in [1.82, 2.24) is 10.3 Å². The van der Waals surface area contributed by atoms with Crippen LogP contribution in [0.5, 0.6) is 0 Å². The van der Waals surface area contributed by atoms with E-state index in [0.29, 0.717) is 38.0 Å². The number of hydrogen-bond acceptors (Lipinski definition) is 8. The number of hydrogen-bond donors (Lipinski definition) is 2. The lowest BCUT2D eigenvalue weighted by atomic mass is 9.79. The van der Waals surface area contributed by atoms with E-state index in [1.807, 2.05) is 53.4 Å². The average Bonchev–Trinajstić information content (AvgIpc) is 3.11. The summed E-state index contributed by atoms with van der Waals surface area (Å²) < 4.78 is 30.4. The summed E-state index contributed by atoms with van der Waals surface area (Å²) in [5.41, 5.74) is 10.5. The normalized spacial score (nSPS) is 16.0. The van der Waals surface area contributed by atoms with Crippen LogP contribution in [0.1, 0.15) is 59.4 Å². The Hall–Kier alpha value is -4.92. The van der Waals surface area contributed by atoms with Gasteiger partial charge in [-0.1, -0.05) is 36.4 Å². The zero-order chi connectivity index (χ0) is 33.8. The molecule has 1 aromatic heterocycles. The molecular formula is C37H38F2N6O3. The number of pyridine rings is 1. The van der Waals surface area contributed by atoms with Crippen LogP contribution in [0.4, 0.5) is 20.3 Å². The first-order valence-electron chi connectivity index (χ1n) is 16.3. The van der Waals surface area contributed by atoms with Crippen LogP contribution in [0.25, 0.3) is 10.8 Å². The Bertz CT molecular complexity index is 1870. The number of nitrogens with zero attached hydrogens (tertiary/aromatic N) is 4. The average molecular weight is 653 g/mol. The highest BCUT2D eigenvalue weighted by Crippen LogP contribution is 2.40. The van der Waals surface area contributed by atoms with Gasteiger partial charge in [0.15, 0.2) is 11.6 Å². The third kappa shape index (κ3) is 6.46. The standard InChI is InChI=1S/C37H38F2N6O3/c1-42-37(47)34(6-3-15-46)45-33-10-9-25(29-5-2-4-28(22-48-45)35(29)33)17-27-8-7-26(18-31(27)38)30(20-41)24-11-13-44(14-12-24)36-32(39)16-23(19-40)21-43-36/h2,4-5,7-10,15-16,18,21,24,30,34H,3,6,11-14,17,20,22,41H2,1H3,(H,42,47). The Balaban J connectivity index is 1.20. The molecule has 0 saturated carbocycles. The number of halogens is 2. The molecule has 9 nitrogen and oxygen atoms in total. The first-order valence-corrected chi connectivity index (χ1v) is 16.3. The Morgan fingerprint density at radius 1 is 1.15 bits per heavy atom. The highest BCUT2D eigenvalue weighted by molar-refractivity contribution is 6.01. The summed E-state index contributed by atoms with van der Waals surface area (Å²) in [6.07, 6.45) is 4.58. The number of carbonyl (C=O) groups is 2. The smallest absolute Gasteiger partial charge is 0.245 e. The lowest BCUT2D eigenvalue weighted by Gasteiger charge is -2.36. The number of nitriles is 1. The minimum atomic E-state index is -0.677. The van der Waals surface area contributed by atoms with Gasteiger partial charge in [-0.15, -0.1) is 0 Å². The number of likely N-dealkylation sites (N-methyl/N-ethyl adjacent to an activating group) is 1. The van der Waals surface area contributed by atoms with E-state index < -0.39 is 11.9 Å². The van der Waals surface area contributed by atoms with Gasteiger partial charge in [0.1, 0.15) is 30.8 Å². The highest BCUT2D eigenvalue weighted by Gasteiger charge is 2.32. The predicted octanol–water partition coefficient (Wildman–Crippen LogP) is 5.28. The maximum Gasteiger partial charge on any atom is 0.245 e. The molecule has 4 aromatic rings. The summed E-state index contributed by atoms with van der Waals surface area (Å²) in [6.45, 7) is 1.81. The number of piperidine rings is 1. The number of nitrogens with one attached hydrogen (secondary N) is 1. The third-order valence-electron chi connectivity index (χ3n) is 9.68. The molecule has 3 N–H and O–H groups in total. The van der Waals surface area contributed by atoms with E-state index in [2.05, 4.69) is 10.3 Å². The van der Waals surface area contributed by atoms with Crippen molar-refractivity contribution in [1.29, 1.82) is 5.26 Å². The largest absolute Gasteiger partial charge is 0.357 e. The number of anilines is 2. The Labute approximate surface area is 278 Å². The number of hydroxylamine groups is 1. The summed E-state index contributed by atoms with van der Waals surface area (Å²) >= 11 is 0. The van der Waals surface area contributed by atoms with Gasteiger partial charge in [-0.2, -0.15) is 5.26 Å².